The van der Waals surface area contributed by atoms with Crippen molar-refractivity contribution >= 4 is 11.8 Å². The lowest BCUT2D eigenvalue weighted by atomic mass is 9.76. The summed E-state index contributed by atoms with van der Waals surface area (Å²) in [4.78, 5) is 0. The first kappa shape index (κ1) is 14.5. The lowest BCUT2D eigenvalue weighted by Crippen LogP contribution is -2.38. The highest BCUT2D eigenvalue weighted by atomic mass is 32.2. The Kier molecular flexibility index (Phi) is 3.66. The van der Waals surface area contributed by atoms with Gasteiger partial charge in [-0.2, -0.15) is 0 Å². The predicted molar refractivity (Wildman–Crippen MR) is 87.2 cm³/mol. The summed E-state index contributed by atoms with van der Waals surface area (Å²) in [5.41, 5.74) is 2.68. The first-order valence-electron chi connectivity index (χ1n) is 7.81. The number of hydrogen-bond donors (Lipinski definition) is 0. The van der Waals surface area contributed by atoms with Gasteiger partial charge in [-0.3, -0.25) is 0 Å². The molecule has 0 aromatic heterocycles. The third-order valence-corrected chi connectivity index (χ3v) is 7.63. The van der Waals surface area contributed by atoms with Gasteiger partial charge in [0.2, 0.25) is 0 Å². The predicted octanol–water partition coefficient (Wildman–Crippen LogP) is 4.96. The number of hydrogen-bond acceptors (Lipinski definition) is 2. The minimum absolute atomic E-state index is 0.340. The molecule has 1 aromatic carbocycles. The van der Waals surface area contributed by atoms with Gasteiger partial charge in [-0.25, -0.2) is 0 Å². The summed E-state index contributed by atoms with van der Waals surface area (Å²) in [6.45, 7) is 10.1. The molecule has 2 aliphatic rings. The highest BCUT2D eigenvalue weighted by molar-refractivity contribution is 8.02. The van der Waals surface area contributed by atoms with E-state index in [1.165, 1.54) is 30.4 Å². The molecule has 110 valence electrons. The molecule has 2 aliphatic heterocycles. The van der Waals surface area contributed by atoms with E-state index in [1.807, 2.05) is 0 Å². The number of aryl methyl sites for hydroxylation is 1. The third-order valence-electron chi connectivity index (χ3n) is 5.45. The smallest absolute Gasteiger partial charge is 0.0737 e. The van der Waals surface area contributed by atoms with Crippen LogP contribution in [-0.2, 0) is 11.3 Å². The van der Waals surface area contributed by atoms with Crippen molar-refractivity contribution < 1.29 is 4.74 Å². The third kappa shape index (κ3) is 2.31. The fraction of sp³-hybridized carbons (Fsp3) is 0.667. The Labute approximate surface area is 127 Å². The van der Waals surface area contributed by atoms with Gasteiger partial charge in [0.15, 0.2) is 0 Å². The highest BCUT2D eigenvalue weighted by Crippen LogP contribution is 2.64. The van der Waals surface area contributed by atoms with Crippen molar-refractivity contribution in [2.24, 2.45) is 5.92 Å². The average molecular weight is 290 g/mol. The van der Waals surface area contributed by atoms with E-state index < -0.39 is 0 Å². The normalized spacial score (nSPS) is 36.0. The van der Waals surface area contributed by atoms with Crippen molar-refractivity contribution in [1.29, 1.82) is 0 Å². The molecule has 2 bridgehead atoms. The van der Waals surface area contributed by atoms with E-state index in [2.05, 4.69) is 63.7 Å². The fourth-order valence-corrected chi connectivity index (χ4v) is 5.86. The molecule has 2 fully saturated rings. The number of thioether (sulfide) groups is 1. The van der Waals surface area contributed by atoms with Crippen LogP contribution >= 0.6 is 11.8 Å². The van der Waals surface area contributed by atoms with Crippen LogP contribution in [0.1, 0.15) is 51.2 Å². The van der Waals surface area contributed by atoms with E-state index in [1.54, 1.807) is 0 Å². The van der Waals surface area contributed by atoms with Crippen LogP contribution in [0.3, 0.4) is 0 Å². The number of rotatable bonds is 4. The maximum Gasteiger partial charge on any atom is 0.0737 e. The second-order valence-corrected chi connectivity index (χ2v) is 9.01. The van der Waals surface area contributed by atoms with Crippen LogP contribution in [0.5, 0.6) is 0 Å². The van der Waals surface area contributed by atoms with Gasteiger partial charge in [-0.05, 0) is 50.2 Å². The molecule has 20 heavy (non-hydrogen) atoms. The van der Waals surface area contributed by atoms with E-state index in [-0.39, 0.29) is 0 Å². The fourth-order valence-electron chi connectivity index (χ4n) is 3.77. The van der Waals surface area contributed by atoms with Crippen LogP contribution in [0.2, 0.25) is 0 Å². The van der Waals surface area contributed by atoms with E-state index >= 15 is 0 Å². The van der Waals surface area contributed by atoms with Crippen LogP contribution in [0.4, 0.5) is 0 Å². The summed E-state index contributed by atoms with van der Waals surface area (Å²) in [5.74, 6) is 0.751. The Morgan fingerprint density at radius 1 is 1.30 bits per heavy atom. The molecule has 0 saturated carbocycles. The molecule has 0 spiro atoms. The molecule has 3 rings (SSSR count). The van der Waals surface area contributed by atoms with Crippen molar-refractivity contribution in [3.05, 3.63) is 35.4 Å². The molecule has 0 radical (unpaired) electrons. The average Bonchev–Trinajstić information content (AvgIpc) is 2.90. The number of ether oxygens (including phenoxy) is 1. The SMILES string of the molecule is Cc1ccccc1CO[C@H]1C[C@]2(C(C)C)CC[C@@]1(C)S2. The summed E-state index contributed by atoms with van der Waals surface area (Å²) >= 11 is 2.21. The number of fused-ring (bicyclic) bond motifs is 2. The van der Waals surface area contributed by atoms with E-state index in [4.69, 9.17) is 4.74 Å². The van der Waals surface area contributed by atoms with Gasteiger partial charge in [-0.15, -0.1) is 11.8 Å². The molecule has 3 atom stereocenters. The molecular weight excluding hydrogens is 264 g/mol. The Balaban J connectivity index is 1.69. The van der Waals surface area contributed by atoms with Crippen molar-refractivity contribution in [2.45, 2.75) is 69.2 Å². The Morgan fingerprint density at radius 3 is 2.70 bits per heavy atom. The maximum absolute atomic E-state index is 6.36. The highest BCUT2D eigenvalue weighted by Gasteiger charge is 2.59. The van der Waals surface area contributed by atoms with Gasteiger partial charge in [-0.1, -0.05) is 38.1 Å². The molecule has 2 heterocycles. The largest absolute Gasteiger partial charge is 0.372 e. The zero-order valence-electron chi connectivity index (χ0n) is 13.1. The van der Waals surface area contributed by atoms with Crippen LogP contribution in [0.25, 0.3) is 0 Å². The minimum Gasteiger partial charge on any atom is -0.372 e. The molecular formula is C18H26OS. The summed E-state index contributed by atoms with van der Waals surface area (Å²) in [7, 11) is 0. The molecule has 0 amide bonds. The van der Waals surface area contributed by atoms with Gasteiger partial charge >= 0.3 is 0 Å². The van der Waals surface area contributed by atoms with Crippen LogP contribution in [0, 0.1) is 12.8 Å². The first-order valence-corrected chi connectivity index (χ1v) is 8.63. The van der Waals surface area contributed by atoms with Gasteiger partial charge in [0, 0.05) is 9.49 Å². The lowest BCUT2D eigenvalue weighted by molar-refractivity contribution is -0.00360. The maximum atomic E-state index is 6.36. The molecule has 2 saturated heterocycles. The molecule has 1 nitrogen and oxygen atoms in total. The quantitative estimate of drug-likeness (QED) is 0.774. The van der Waals surface area contributed by atoms with Crippen molar-refractivity contribution in [2.75, 3.05) is 0 Å². The van der Waals surface area contributed by atoms with Crippen LogP contribution in [-0.4, -0.2) is 15.6 Å². The summed E-state index contributed by atoms with van der Waals surface area (Å²) in [6.07, 6.45) is 4.34. The first-order chi connectivity index (χ1) is 9.45. The van der Waals surface area contributed by atoms with Gasteiger partial charge in [0.1, 0.15) is 0 Å². The standard InChI is InChI=1S/C18H26OS/c1-13(2)18-10-9-17(4,20-18)16(11-18)19-12-15-8-6-5-7-14(15)3/h5-8,13,16H,9-12H2,1-4H3/t16-,17+,18-/m0/s1. The van der Waals surface area contributed by atoms with Crippen LogP contribution < -0.4 is 0 Å². The molecule has 2 heteroatoms. The van der Waals surface area contributed by atoms with E-state index in [0.29, 0.717) is 15.6 Å². The summed E-state index contributed by atoms with van der Waals surface area (Å²) < 4.78 is 7.18. The van der Waals surface area contributed by atoms with Gasteiger partial charge in [0.05, 0.1) is 12.7 Å². The summed E-state index contributed by atoms with van der Waals surface area (Å²) in [6, 6.07) is 8.57. The zero-order chi connectivity index (χ0) is 14.4. The Morgan fingerprint density at radius 2 is 2.05 bits per heavy atom. The van der Waals surface area contributed by atoms with Gasteiger partial charge < -0.3 is 4.74 Å². The summed E-state index contributed by atoms with van der Waals surface area (Å²) in [5, 5.41) is 0. The molecule has 1 aromatic rings. The minimum atomic E-state index is 0.340. The van der Waals surface area contributed by atoms with E-state index in [9.17, 15) is 0 Å². The Bertz CT molecular complexity index is 498. The monoisotopic (exact) mass is 290 g/mol. The van der Waals surface area contributed by atoms with E-state index in [0.717, 1.165) is 12.5 Å². The van der Waals surface area contributed by atoms with Crippen molar-refractivity contribution in [3.8, 4) is 0 Å². The van der Waals surface area contributed by atoms with Crippen LogP contribution in [0.15, 0.2) is 24.3 Å². The molecule has 0 aliphatic carbocycles. The molecule has 0 unspecified atom stereocenters. The van der Waals surface area contributed by atoms with Crippen molar-refractivity contribution in [1.82, 2.24) is 0 Å². The second-order valence-electron chi connectivity index (χ2n) is 7.06. The molecule has 0 N–H and O–H groups in total. The van der Waals surface area contributed by atoms with Crippen molar-refractivity contribution in [3.63, 3.8) is 0 Å². The Hall–Kier alpha value is -0.470. The second kappa shape index (κ2) is 5.06. The van der Waals surface area contributed by atoms with Gasteiger partial charge in [0.25, 0.3) is 0 Å². The lowest BCUT2D eigenvalue weighted by Gasteiger charge is -2.34. The number of benzene rings is 1. The topological polar surface area (TPSA) is 9.23 Å². The zero-order valence-corrected chi connectivity index (χ0v) is 13.9.